The minimum Gasteiger partial charge on any atom is -0.471 e. The van der Waals surface area contributed by atoms with Gasteiger partial charge in [-0.3, -0.25) is 0 Å². The van der Waals surface area contributed by atoms with Gasteiger partial charge in [0.2, 0.25) is 0 Å². The Kier molecular flexibility index (Phi) is 3.30. The minimum atomic E-state index is -0.0245. The van der Waals surface area contributed by atoms with Gasteiger partial charge < -0.3 is 14.4 Å². The Hall–Kier alpha value is -0.700. The molecule has 0 radical (unpaired) electrons. The minimum absolute atomic E-state index is 0.0245. The van der Waals surface area contributed by atoms with E-state index in [0.717, 1.165) is 12.8 Å². The van der Waals surface area contributed by atoms with Crippen molar-refractivity contribution < 1.29 is 9.47 Å². The summed E-state index contributed by atoms with van der Waals surface area (Å²) >= 11 is 0. The molecule has 0 N–H and O–H groups in total. The SMILES string of the molecule is COC1CCC(N2CCCCC2)=CO1. The van der Waals surface area contributed by atoms with Crippen LogP contribution in [0.5, 0.6) is 0 Å². The van der Waals surface area contributed by atoms with Crippen molar-refractivity contribution in [1.29, 1.82) is 0 Å². The van der Waals surface area contributed by atoms with E-state index in [1.807, 2.05) is 6.26 Å². The third kappa shape index (κ3) is 2.21. The summed E-state index contributed by atoms with van der Waals surface area (Å²) in [5.74, 6) is 0. The Balaban J connectivity index is 1.88. The second-order valence-corrected chi connectivity index (χ2v) is 4.00. The molecule has 0 saturated carbocycles. The predicted octanol–water partition coefficient (Wildman–Crippen LogP) is 2.10. The number of hydrogen-bond acceptors (Lipinski definition) is 3. The summed E-state index contributed by atoms with van der Waals surface area (Å²) in [5, 5.41) is 0. The first-order chi connectivity index (χ1) is 6.90. The van der Waals surface area contributed by atoms with Gasteiger partial charge in [-0.25, -0.2) is 0 Å². The van der Waals surface area contributed by atoms with Crippen LogP contribution in [0, 0.1) is 0 Å². The zero-order chi connectivity index (χ0) is 9.80. The van der Waals surface area contributed by atoms with Gasteiger partial charge in [-0.1, -0.05) is 0 Å². The number of nitrogens with zero attached hydrogens (tertiary/aromatic N) is 1. The van der Waals surface area contributed by atoms with Gasteiger partial charge >= 0.3 is 0 Å². The first kappa shape index (κ1) is 9.84. The molecule has 0 bridgehead atoms. The molecule has 14 heavy (non-hydrogen) atoms. The zero-order valence-corrected chi connectivity index (χ0v) is 8.87. The molecule has 2 aliphatic heterocycles. The van der Waals surface area contributed by atoms with Crippen LogP contribution in [0.3, 0.4) is 0 Å². The van der Waals surface area contributed by atoms with Crippen LogP contribution < -0.4 is 0 Å². The normalized spacial score (nSPS) is 28.2. The first-order valence-electron chi connectivity index (χ1n) is 5.52. The fourth-order valence-corrected chi connectivity index (χ4v) is 2.13. The molecule has 0 amide bonds. The lowest BCUT2D eigenvalue weighted by molar-refractivity contribution is -0.0974. The molecular formula is C11H19NO2. The van der Waals surface area contributed by atoms with Gasteiger partial charge in [-0.2, -0.15) is 0 Å². The second kappa shape index (κ2) is 4.69. The maximum atomic E-state index is 5.47. The summed E-state index contributed by atoms with van der Waals surface area (Å²) in [5.41, 5.74) is 1.36. The van der Waals surface area contributed by atoms with E-state index in [0.29, 0.717) is 0 Å². The monoisotopic (exact) mass is 197 g/mol. The van der Waals surface area contributed by atoms with Crippen molar-refractivity contribution in [1.82, 2.24) is 4.90 Å². The third-order valence-corrected chi connectivity index (χ3v) is 3.02. The summed E-state index contributed by atoms with van der Waals surface area (Å²) in [6.45, 7) is 2.40. The van der Waals surface area contributed by atoms with Crippen LogP contribution in [0.1, 0.15) is 32.1 Å². The maximum absolute atomic E-state index is 5.47. The van der Waals surface area contributed by atoms with Crippen molar-refractivity contribution in [2.75, 3.05) is 20.2 Å². The smallest absolute Gasteiger partial charge is 0.199 e. The largest absolute Gasteiger partial charge is 0.471 e. The van der Waals surface area contributed by atoms with Crippen molar-refractivity contribution >= 4 is 0 Å². The highest BCUT2D eigenvalue weighted by molar-refractivity contribution is 5.01. The number of ether oxygens (including phenoxy) is 2. The average Bonchev–Trinajstić information content (AvgIpc) is 2.30. The van der Waals surface area contributed by atoms with Crippen molar-refractivity contribution in [3.05, 3.63) is 12.0 Å². The molecular weight excluding hydrogens is 178 g/mol. The van der Waals surface area contributed by atoms with Crippen LogP contribution in [-0.4, -0.2) is 31.4 Å². The van der Waals surface area contributed by atoms with Gasteiger partial charge in [0.05, 0.1) is 0 Å². The molecule has 3 nitrogen and oxygen atoms in total. The lowest BCUT2D eigenvalue weighted by Crippen LogP contribution is -2.31. The third-order valence-electron chi connectivity index (χ3n) is 3.02. The van der Waals surface area contributed by atoms with Gasteiger partial charge in [0.15, 0.2) is 6.29 Å². The van der Waals surface area contributed by atoms with Crippen LogP contribution >= 0.6 is 0 Å². The van der Waals surface area contributed by atoms with Crippen molar-refractivity contribution in [2.24, 2.45) is 0 Å². The Morgan fingerprint density at radius 3 is 2.71 bits per heavy atom. The Morgan fingerprint density at radius 2 is 2.14 bits per heavy atom. The fraction of sp³-hybridized carbons (Fsp3) is 0.818. The van der Waals surface area contributed by atoms with E-state index < -0.39 is 0 Å². The molecule has 1 atom stereocenters. The van der Waals surface area contributed by atoms with Crippen molar-refractivity contribution in [2.45, 2.75) is 38.4 Å². The quantitative estimate of drug-likeness (QED) is 0.676. The summed E-state index contributed by atoms with van der Waals surface area (Å²) in [7, 11) is 1.70. The molecule has 0 aromatic rings. The van der Waals surface area contributed by atoms with E-state index in [2.05, 4.69) is 4.90 Å². The van der Waals surface area contributed by atoms with E-state index in [4.69, 9.17) is 9.47 Å². The van der Waals surface area contributed by atoms with Gasteiger partial charge in [0.1, 0.15) is 6.26 Å². The zero-order valence-electron chi connectivity index (χ0n) is 8.87. The number of allylic oxidation sites excluding steroid dienone is 1. The van der Waals surface area contributed by atoms with Gasteiger partial charge in [0.25, 0.3) is 0 Å². The first-order valence-corrected chi connectivity index (χ1v) is 5.52. The molecule has 1 fully saturated rings. The van der Waals surface area contributed by atoms with Crippen LogP contribution in [0.4, 0.5) is 0 Å². The van der Waals surface area contributed by atoms with Crippen LogP contribution in [0.25, 0.3) is 0 Å². The van der Waals surface area contributed by atoms with E-state index in [9.17, 15) is 0 Å². The summed E-state index contributed by atoms with van der Waals surface area (Å²) in [6, 6.07) is 0. The molecule has 0 aromatic carbocycles. The number of piperidine rings is 1. The Bertz CT molecular complexity index is 209. The van der Waals surface area contributed by atoms with Crippen LogP contribution in [0.15, 0.2) is 12.0 Å². The number of methoxy groups -OCH3 is 1. The molecule has 0 aliphatic carbocycles. The molecule has 0 aromatic heterocycles. The highest BCUT2D eigenvalue weighted by Crippen LogP contribution is 2.23. The topological polar surface area (TPSA) is 21.7 Å². The summed E-state index contributed by atoms with van der Waals surface area (Å²) < 4.78 is 10.6. The summed E-state index contributed by atoms with van der Waals surface area (Å²) in [6.07, 6.45) is 7.98. The molecule has 1 saturated heterocycles. The van der Waals surface area contributed by atoms with Gasteiger partial charge in [-0.15, -0.1) is 0 Å². The van der Waals surface area contributed by atoms with Gasteiger partial charge in [0, 0.05) is 32.3 Å². The molecule has 3 heteroatoms. The number of rotatable bonds is 2. The fourth-order valence-electron chi connectivity index (χ4n) is 2.13. The maximum Gasteiger partial charge on any atom is 0.199 e. The van der Waals surface area contributed by atoms with E-state index in [1.165, 1.54) is 38.0 Å². The van der Waals surface area contributed by atoms with Crippen LogP contribution in [0.2, 0.25) is 0 Å². The van der Waals surface area contributed by atoms with Gasteiger partial charge in [-0.05, 0) is 25.7 Å². The number of hydrogen-bond donors (Lipinski definition) is 0. The molecule has 2 aliphatic rings. The summed E-state index contributed by atoms with van der Waals surface area (Å²) in [4.78, 5) is 2.45. The lowest BCUT2D eigenvalue weighted by atomic mass is 10.1. The highest BCUT2D eigenvalue weighted by Gasteiger charge is 2.19. The second-order valence-electron chi connectivity index (χ2n) is 4.00. The van der Waals surface area contributed by atoms with Crippen molar-refractivity contribution in [3.8, 4) is 0 Å². The van der Waals surface area contributed by atoms with E-state index in [1.54, 1.807) is 7.11 Å². The van der Waals surface area contributed by atoms with Crippen LogP contribution in [-0.2, 0) is 9.47 Å². The highest BCUT2D eigenvalue weighted by atomic mass is 16.7. The average molecular weight is 197 g/mol. The molecule has 2 heterocycles. The molecule has 80 valence electrons. The number of likely N-dealkylation sites (tertiary alicyclic amines) is 1. The predicted molar refractivity (Wildman–Crippen MR) is 54.6 cm³/mol. The molecule has 2 rings (SSSR count). The molecule has 0 spiro atoms. The van der Waals surface area contributed by atoms with E-state index >= 15 is 0 Å². The standard InChI is InChI=1S/C11H19NO2/c1-13-11-6-5-10(9-14-11)12-7-3-2-4-8-12/h9,11H,2-8H2,1H3. The Morgan fingerprint density at radius 1 is 1.36 bits per heavy atom. The lowest BCUT2D eigenvalue weighted by Gasteiger charge is -2.33. The van der Waals surface area contributed by atoms with E-state index in [-0.39, 0.29) is 6.29 Å². The molecule has 1 unspecified atom stereocenters. The van der Waals surface area contributed by atoms with Crippen molar-refractivity contribution in [3.63, 3.8) is 0 Å². The Labute approximate surface area is 85.7 Å².